The topological polar surface area (TPSA) is 78.9 Å². The van der Waals surface area contributed by atoms with E-state index < -0.39 is 29.4 Å². The molecule has 0 saturated carbocycles. The standard InChI is InChI=1S/C13H21F3N2O4/c1-11(2,3)22-10(20)18-7-5-12(21,8-18)4-6-17-9(19)13(14,15)16/h21H,4-8H2,1-3H3,(H,17,19). The molecule has 0 aromatic heterocycles. The summed E-state index contributed by atoms with van der Waals surface area (Å²) in [6.45, 7) is 5.01. The Bertz CT molecular complexity index is 434. The lowest BCUT2D eigenvalue weighted by Gasteiger charge is -2.26. The van der Waals surface area contributed by atoms with Gasteiger partial charge in [-0.15, -0.1) is 0 Å². The van der Waals surface area contributed by atoms with Crippen molar-refractivity contribution in [1.29, 1.82) is 0 Å². The Kier molecular flexibility index (Phi) is 5.32. The summed E-state index contributed by atoms with van der Waals surface area (Å²) in [7, 11) is 0. The quantitative estimate of drug-likeness (QED) is 0.822. The second-order valence-electron chi connectivity index (χ2n) is 6.38. The largest absolute Gasteiger partial charge is 0.471 e. The number of alkyl halides is 3. The van der Waals surface area contributed by atoms with Crippen molar-refractivity contribution in [2.75, 3.05) is 19.6 Å². The molecule has 0 bridgehead atoms. The van der Waals surface area contributed by atoms with Gasteiger partial charge < -0.3 is 20.1 Å². The third-order valence-electron chi connectivity index (χ3n) is 3.12. The van der Waals surface area contributed by atoms with Gasteiger partial charge in [-0.1, -0.05) is 0 Å². The molecule has 0 spiro atoms. The third kappa shape index (κ3) is 5.70. The van der Waals surface area contributed by atoms with Gasteiger partial charge in [0.2, 0.25) is 0 Å². The number of nitrogens with zero attached hydrogens (tertiary/aromatic N) is 1. The highest BCUT2D eigenvalue weighted by atomic mass is 19.4. The molecule has 1 unspecified atom stereocenters. The highest BCUT2D eigenvalue weighted by Gasteiger charge is 2.41. The predicted octanol–water partition coefficient (Wildman–Crippen LogP) is 1.43. The summed E-state index contributed by atoms with van der Waals surface area (Å²) < 4.78 is 41.2. The number of carbonyl (C=O) groups excluding carboxylic acids is 2. The highest BCUT2D eigenvalue weighted by Crippen LogP contribution is 2.26. The Labute approximate surface area is 126 Å². The molecule has 0 aromatic rings. The van der Waals surface area contributed by atoms with Crippen LogP contribution in [0.1, 0.15) is 33.6 Å². The normalized spacial score (nSPS) is 22.6. The Morgan fingerprint density at radius 3 is 2.41 bits per heavy atom. The van der Waals surface area contributed by atoms with Crippen molar-refractivity contribution < 1.29 is 32.6 Å². The molecule has 1 saturated heterocycles. The molecule has 2 N–H and O–H groups in total. The molecule has 128 valence electrons. The van der Waals surface area contributed by atoms with E-state index in [1.165, 1.54) is 4.90 Å². The Balaban J connectivity index is 2.44. The first-order valence-corrected chi connectivity index (χ1v) is 6.88. The molecule has 1 atom stereocenters. The SMILES string of the molecule is CC(C)(C)OC(=O)N1CCC(O)(CCNC(=O)C(F)(F)F)C1. The minimum absolute atomic E-state index is 0.0379. The van der Waals surface area contributed by atoms with E-state index in [1.807, 2.05) is 0 Å². The Morgan fingerprint density at radius 2 is 1.91 bits per heavy atom. The van der Waals surface area contributed by atoms with Crippen LogP contribution in [0.5, 0.6) is 0 Å². The summed E-state index contributed by atoms with van der Waals surface area (Å²) >= 11 is 0. The molecule has 0 radical (unpaired) electrons. The molecule has 1 heterocycles. The van der Waals surface area contributed by atoms with Gasteiger partial charge in [0.1, 0.15) is 5.60 Å². The molecule has 6 nitrogen and oxygen atoms in total. The molecule has 1 rings (SSSR count). The van der Waals surface area contributed by atoms with E-state index in [9.17, 15) is 27.9 Å². The van der Waals surface area contributed by atoms with Crippen LogP contribution in [-0.4, -0.2) is 59.0 Å². The Morgan fingerprint density at radius 1 is 1.32 bits per heavy atom. The second-order valence-corrected chi connectivity index (χ2v) is 6.38. The first-order valence-electron chi connectivity index (χ1n) is 6.88. The van der Waals surface area contributed by atoms with Crippen LogP contribution in [0.3, 0.4) is 0 Å². The lowest BCUT2D eigenvalue weighted by molar-refractivity contribution is -0.173. The zero-order chi connectivity index (χ0) is 17.2. The molecule has 0 aliphatic carbocycles. The number of amides is 2. The van der Waals surface area contributed by atoms with Gasteiger partial charge in [0.15, 0.2) is 0 Å². The Hall–Kier alpha value is -1.51. The van der Waals surface area contributed by atoms with Gasteiger partial charge in [0.25, 0.3) is 0 Å². The molecule has 1 fully saturated rings. The van der Waals surface area contributed by atoms with Gasteiger partial charge in [-0.05, 0) is 33.6 Å². The van der Waals surface area contributed by atoms with E-state index >= 15 is 0 Å². The van der Waals surface area contributed by atoms with Crippen LogP contribution in [0, 0.1) is 0 Å². The van der Waals surface area contributed by atoms with Crippen LogP contribution in [0.25, 0.3) is 0 Å². The summed E-state index contributed by atoms with van der Waals surface area (Å²) in [6, 6.07) is 0. The number of β-amino-alcohol motifs (C(OH)–C–C–N with tert-alkyl or cyclic N) is 1. The van der Waals surface area contributed by atoms with Crippen LogP contribution in [-0.2, 0) is 9.53 Å². The fourth-order valence-corrected chi connectivity index (χ4v) is 2.05. The summed E-state index contributed by atoms with van der Waals surface area (Å²) in [5.41, 5.74) is -1.99. The molecule has 0 aromatic carbocycles. The number of hydrogen-bond acceptors (Lipinski definition) is 4. The van der Waals surface area contributed by atoms with Crippen molar-refractivity contribution in [3.63, 3.8) is 0 Å². The maximum absolute atomic E-state index is 12.0. The smallest absolute Gasteiger partial charge is 0.444 e. The summed E-state index contributed by atoms with van der Waals surface area (Å²) in [5.74, 6) is -2.04. The maximum Gasteiger partial charge on any atom is 0.471 e. The monoisotopic (exact) mass is 326 g/mol. The molecular weight excluding hydrogens is 305 g/mol. The number of aliphatic hydroxyl groups is 1. The lowest BCUT2D eigenvalue weighted by atomic mass is 9.99. The van der Waals surface area contributed by atoms with Crippen molar-refractivity contribution >= 4 is 12.0 Å². The first-order chi connectivity index (χ1) is 9.82. The van der Waals surface area contributed by atoms with Gasteiger partial charge in [-0.3, -0.25) is 4.79 Å². The average molecular weight is 326 g/mol. The third-order valence-corrected chi connectivity index (χ3v) is 3.12. The van der Waals surface area contributed by atoms with E-state index in [4.69, 9.17) is 4.74 Å². The van der Waals surface area contributed by atoms with E-state index in [2.05, 4.69) is 0 Å². The van der Waals surface area contributed by atoms with Gasteiger partial charge in [0.05, 0.1) is 12.1 Å². The highest BCUT2D eigenvalue weighted by molar-refractivity contribution is 5.81. The van der Waals surface area contributed by atoms with E-state index in [1.54, 1.807) is 26.1 Å². The number of nitrogens with one attached hydrogen (secondary N) is 1. The van der Waals surface area contributed by atoms with Crippen molar-refractivity contribution in [1.82, 2.24) is 10.2 Å². The van der Waals surface area contributed by atoms with Crippen molar-refractivity contribution in [3.05, 3.63) is 0 Å². The summed E-state index contributed by atoms with van der Waals surface area (Å²) in [5, 5.41) is 11.9. The van der Waals surface area contributed by atoms with Crippen LogP contribution >= 0.6 is 0 Å². The minimum Gasteiger partial charge on any atom is -0.444 e. The molecule has 22 heavy (non-hydrogen) atoms. The predicted molar refractivity (Wildman–Crippen MR) is 71.1 cm³/mol. The van der Waals surface area contributed by atoms with Crippen molar-refractivity contribution in [3.8, 4) is 0 Å². The second kappa shape index (κ2) is 6.31. The van der Waals surface area contributed by atoms with E-state index in [0.717, 1.165) is 0 Å². The van der Waals surface area contributed by atoms with Crippen molar-refractivity contribution in [2.24, 2.45) is 0 Å². The number of hydrogen-bond donors (Lipinski definition) is 2. The van der Waals surface area contributed by atoms with Gasteiger partial charge in [-0.25, -0.2) is 4.79 Å². The van der Waals surface area contributed by atoms with Crippen LogP contribution < -0.4 is 5.32 Å². The zero-order valence-electron chi connectivity index (χ0n) is 12.8. The van der Waals surface area contributed by atoms with E-state index in [-0.39, 0.29) is 32.5 Å². The zero-order valence-corrected chi connectivity index (χ0v) is 12.8. The number of halogens is 3. The van der Waals surface area contributed by atoms with Crippen LogP contribution in [0.4, 0.5) is 18.0 Å². The van der Waals surface area contributed by atoms with Crippen molar-refractivity contribution in [2.45, 2.75) is 51.0 Å². The molecule has 2 amide bonds. The molecule has 1 aliphatic heterocycles. The number of rotatable bonds is 3. The van der Waals surface area contributed by atoms with Gasteiger partial charge >= 0.3 is 18.2 Å². The lowest BCUT2D eigenvalue weighted by Crippen LogP contribution is -2.43. The van der Waals surface area contributed by atoms with E-state index in [0.29, 0.717) is 0 Å². The fraction of sp³-hybridized carbons (Fsp3) is 0.846. The molecular formula is C13H21F3N2O4. The first kappa shape index (κ1) is 18.5. The summed E-state index contributed by atoms with van der Waals surface area (Å²) in [4.78, 5) is 23.8. The number of carbonyl (C=O) groups is 2. The summed E-state index contributed by atoms with van der Waals surface area (Å²) in [6.07, 6.45) is -5.38. The van der Waals surface area contributed by atoms with Crippen LogP contribution in [0.15, 0.2) is 0 Å². The number of likely N-dealkylation sites (tertiary alicyclic amines) is 1. The van der Waals surface area contributed by atoms with Gasteiger partial charge in [0, 0.05) is 13.1 Å². The average Bonchev–Trinajstić information content (AvgIpc) is 2.68. The molecule has 1 aliphatic rings. The van der Waals surface area contributed by atoms with Gasteiger partial charge in [-0.2, -0.15) is 13.2 Å². The van der Waals surface area contributed by atoms with Crippen LogP contribution in [0.2, 0.25) is 0 Å². The maximum atomic E-state index is 12.0. The minimum atomic E-state index is -4.94. The number of ether oxygens (including phenoxy) is 1. The molecule has 9 heteroatoms. The fourth-order valence-electron chi connectivity index (χ4n) is 2.05.